The average molecular weight is 278 g/mol. The van der Waals surface area contributed by atoms with Crippen molar-refractivity contribution in [1.82, 2.24) is 9.88 Å². The fourth-order valence-electron chi connectivity index (χ4n) is 2.48. The van der Waals surface area contributed by atoms with E-state index in [0.29, 0.717) is 0 Å². The predicted molar refractivity (Wildman–Crippen MR) is 78.0 cm³/mol. The zero-order valence-corrected chi connectivity index (χ0v) is 11.7. The Morgan fingerprint density at radius 3 is 3.00 bits per heavy atom. The lowest BCUT2D eigenvalue weighted by Crippen LogP contribution is -2.36. The van der Waals surface area contributed by atoms with E-state index in [1.165, 1.54) is 16.9 Å². The number of benzene rings is 1. The molecular weight excluding hydrogens is 260 g/mol. The summed E-state index contributed by atoms with van der Waals surface area (Å²) in [5.41, 5.74) is 2.27. The van der Waals surface area contributed by atoms with Crippen molar-refractivity contribution in [2.45, 2.75) is 12.8 Å². The molecule has 1 saturated heterocycles. The SMILES string of the molecule is O=c1[nH]c2ccc(CCCN3CCOCC3)cc2s1. The van der Waals surface area contributed by atoms with Crippen LogP contribution < -0.4 is 4.87 Å². The van der Waals surface area contributed by atoms with Crippen molar-refractivity contribution in [1.29, 1.82) is 0 Å². The number of hydrogen-bond donors (Lipinski definition) is 1. The van der Waals surface area contributed by atoms with Crippen LogP contribution in [0.25, 0.3) is 10.2 Å². The van der Waals surface area contributed by atoms with Crippen LogP contribution in [-0.2, 0) is 11.2 Å². The molecule has 1 aromatic heterocycles. The second-order valence-corrected chi connectivity index (χ2v) is 5.92. The number of aromatic nitrogens is 1. The first-order valence-electron chi connectivity index (χ1n) is 6.73. The molecule has 0 unspecified atom stereocenters. The summed E-state index contributed by atoms with van der Waals surface area (Å²) in [5.74, 6) is 0. The highest BCUT2D eigenvalue weighted by Gasteiger charge is 2.09. The fourth-order valence-corrected chi connectivity index (χ4v) is 3.28. The molecule has 5 heteroatoms. The number of nitrogens with zero attached hydrogens (tertiary/aromatic N) is 1. The summed E-state index contributed by atoms with van der Waals surface area (Å²) in [6.45, 7) is 4.97. The maximum atomic E-state index is 11.3. The molecule has 19 heavy (non-hydrogen) atoms. The van der Waals surface area contributed by atoms with Gasteiger partial charge in [0.05, 0.1) is 23.4 Å². The van der Waals surface area contributed by atoms with Gasteiger partial charge in [-0.3, -0.25) is 9.69 Å². The first-order chi connectivity index (χ1) is 9.31. The maximum Gasteiger partial charge on any atom is 0.305 e. The summed E-state index contributed by atoms with van der Waals surface area (Å²) in [6.07, 6.45) is 2.23. The molecule has 2 aromatic rings. The molecule has 3 rings (SSSR count). The van der Waals surface area contributed by atoms with Gasteiger partial charge in [0.2, 0.25) is 0 Å². The van der Waals surface area contributed by atoms with Crippen molar-refractivity contribution in [2.75, 3.05) is 32.8 Å². The van der Waals surface area contributed by atoms with Crippen LogP contribution in [0.1, 0.15) is 12.0 Å². The zero-order chi connectivity index (χ0) is 13.1. The third-order valence-electron chi connectivity index (χ3n) is 3.53. The van der Waals surface area contributed by atoms with Crippen molar-refractivity contribution in [3.8, 4) is 0 Å². The Bertz CT molecular complexity index is 599. The Morgan fingerprint density at radius 2 is 2.16 bits per heavy atom. The Morgan fingerprint density at radius 1 is 1.32 bits per heavy atom. The molecule has 1 N–H and O–H groups in total. The molecule has 0 bridgehead atoms. The van der Waals surface area contributed by atoms with Gasteiger partial charge in [0.25, 0.3) is 0 Å². The highest BCUT2D eigenvalue weighted by atomic mass is 32.1. The normalized spacial score (nSPS) is 17.1. The minimum Gasteiger partial charge on any atom is -0.379 e. The van der Waals surface area contributed by atoms with E-state index in [2.05, 4.69) is 22.0 Å². The Hall–Kier alpha value is -1.17. The lowest BCUT2D eigenvalue weighted by molar-refractivity contribution is 0.0375. The van der Waals surface area contributed by atoms with E-state index in [1.54, 1.807) is 0 Å². The number of thiazole rings is 1. The lowest BCUT2D eigenvalue weighted by atomic mass is 10.1. The largest absolute Gasteiger partial charge is 0.379 e. The Balaban J connectivity index is 1.57. The van der Waals surface area contributed by atoms with Crippen molar-refractivity contribution in [3.63, 3.8) is 0 Å². The van der Waals surface area contributed by atoms with Gasteiger partial charge in [-0.25, -0.2) is 0 Å². The molecular formula is C14H18N2O2S. The number of aryl methyl sites for hydroxylation is 1. The van der Waals surface area contributed by atoms with Gasteiger partial charge in [-0.1, -0.05) is 17.4 Å². The number of H-pyrrole nitrogens is 1. The van der Waals surface area contributed by atoms with Crippen LogP contribution in [-0.4, -0.2) is 42.7 Å². The molecule has 1 aliphatic heterocycles. The molecule has 2 heterocycles. The van der Waals surface area contributed by atoms with Gasteiger partial charge in [-0.2, -0.15) is 0 Å². The molecule has 0 spiro atoms. The van der Waals surface area contributed by atoms with E-state index in [1.807, 2.05) is 6.07 Å². The summed E-state index contributed by atoms with van der Waals surface area (Å²) in [7, 11) is 0. The van der Waals surface area contributed by atoms with Crippen LogP contribution >= 0.6 is 11.3 Å². The fraction of sp³-hybridized carbons (Fsp3) is 0.500. The molecule has 0 saturated carbocycles. The van der Waals surface area contributed by atoms with Crippen LogP contribution in [0.5, 0.6) is 0 Å². The topological polar surface area (TPSA) is 45.3 Å². The standard InChI is InChI=1S/C14H18N2O2S/c17-14-15-12-4-3-11(10-13(12)19-14)2-1-5-16-6-8-18-9-7-16/h3-4,10H,1-2,5-9H2,(H,15,17). The van der Waals surface area contributed by atoms with Gasteiger partial charge in [0.1, 0.15) is 0 Å². The van der Waals surface area contributed by atoms with E-state index in [4.69, 9.17) is 4.74 Å². The number of aromatic amines is 1. The summed E-state index contributed by atoms with van der Waals surface area (Å²) in [4.78, 5) is 16.6. The van der Waals surface area contributed by atoms with Crippen LogP contribution in [0.3, 0.4) is 0 Å². The minimum atomic E-state index is 0.0282. The van der Waals surface area contributed by atoms with E-state index >= 15 is 0 Å². The molecule has 0 radical (unpaired) electrons. The van der Waals surface area contributed by atoms with Gasteiger partial charge in [-0.05, 0) is 37.1 Å². The van der Waals surface area contributed by atoms with Gasteiger partial charge in [0, 0.05) is 13.1 Å². The minimum absolute atomic E-state index is 0.0282. The second-order valence-electron chi connectivity index (χ2n) is 4.90. The Kier molecular flexibility index (Phi) is 3.96. The average Bonchev–Trinajstić information content (AvgIpc) is 2.79. The molecule has 1 fully saturated rings. The molecule has 0 atom stereocenters. The zero-order valence-electron chi connectivity index (χ0n) is 10.9. The van der Waals surface area contributed by atoms with Gasteiger partial charge in [0.15, 0.2) is 0 Å². The first-order valence-corrected chi connectivity index (χ1v) is 7.55. The molecule has 0 aliphatic carbocycles. The lowest BCUT2D eigenvalue weighted by Gasteiger charge is -2.26. The number of nitrogens with one attached hydrogen (secondary N) is 1. The van der Waals surface area contributed by atoms with E-state index in [-0.39, 0.29) is 4.87 Å². The van der Waals surface area contributed by atoms with E-state index in [0.717, 1.165) is 55.9 Å². The predicted octanol–water partition coefficient (Wildman–Crippen LogP) is 1.85. The van der Waals surface area contributed by atoms with Crippen molar-refractivity contribution >= 4 is 21.6 Å². The number of hydrogen-bond acceptors (Lipinski definition) is 4. The molecule has 0 amide bonds. The maximum absolute atomic E-state index is 11.3. The third kappa shape index (κ3) is 3.23. The van der Waals surface area contributed by atoms with Gasteiger partial charge < -0.3 is 9.72 Å². The van der Waals surface area contributed by atoms with Crippen molar-refractivity contribution in [3.05, 3.63) is 33.4 Å². The van der Waals surface area contributed by atoms with Crippen LogP contribution in [0.2, 0.25) is 0 Å². The van der Waals surface area contributed by atoms with Gasteiger partial charge >= 0.3 is 4.87 Å². The highest BCUT2D eigenvalue weighted by Crippen LogP contribution is 2.17. The highest BCUT2D eigenvalue weighted by molar-refractivity contribution is 7.16. The molecule has 4 nitrogen and oxygen atoms in total. The quantitative estimate of drug-likeness (QED) is 0.928. The number of fused-ring (bicyclic) bond motifs is 1. The van der Waals surface area contributed by atoms with E-state index in [9.17, 15) is 4.79 Å². The number of ether oxygens (including phenoxy) is 1. The summed E-state index contributed by atoms with van der Waals surface area (Å²) in [6, 6.07) is 6.26. The molecule has 1 aliphatic rings. The molecule has 102 valence electrons. The second kappa shape index (κ2) is 5.86. The van der Waals surface area contributed by atoms with Crippen LogP contribution in [0, 0.1) is 0 Å². The Labute approximate surface area is 116 Å². The van der Waals surface area contributed by atoms with Crippen molar-refractivity contribution in [2.24, 2.45) is 0 Å². The van der Waals surface area contributed by atoms with Gasteiger partial charge in [-0.15, -0.1) is 0 Å². The number of rotatable bonds is 4. The smallest absolute Gasteiger partial charge is 0.305 e. The third-order valence-corrected chi connectivity index (χ3v) is 4.37. The van der Waals surface area contributed by atoms with Crippen LogP contribution in [0.15, 0.2) is 23.0 Å². The van der Waals surface area contributed by atoms with Crippen molar-refractivity contribution < 1.29 is 4.74 Å². The summed E-state index contributed by atoms with van der Waals surface area (Å²) >= 11 is 1.29. The van der Waals surface area contributed by atoms with Crippen LogP contribution in [0.4, 0.5) is 0 Å². The monoisotopic (exact) mass is 278 g/mol. The molecule has 1 aromatic carbocycles. The summed E-state index contributed by atoms with van der Waals surface area (Å²) < 4.78 is 6.41. The summed E-state index contributed by atoms with van der Waals surface area (Å²) in [5, 5.41) is 0. The first kappa shape index (κ1) is 12.8. The number of morpholine rings is 1. The van der Waals surface area contributed by atoms with E-state index < -0.39 is 0 Å².